The van der Waals surface area contributed by atoms with Crippen LogP contribution in [0.3, 0.4) is 0 Å². The highest BCUT2D eigenvalue weighted by Crippen LogP contribution is 2.30. The van der Waals surface area contributed by atoms with Crippen molar-refractivity contribution in [2.45, 2.75) is 39.4 Å². The van der Waals surface area contributed by atoms with E-state index in [1.807, 2.05) is 13.2 Å². The maximum Gasteiger partial charge on any atom is 0.349 e. The standard InChI is InChI=1S/C11H16O4S/c1-5-6-7(16-4)8-9(12)14-11(2,3)15-10(8)13/h5-6H2,1-4H3. The summed E-state index contributed by atoms with van der Waals surface area (Å²) < 4.78 is 10.1. The highest BCUT2D eigenvalue weighted by Gasteiger charge is 2.40. The molecule has 0 unspecified atom stereocenters. The van der Waals surface area contributed by atoms with Crippen LogP contribution in [-0.2, 0) is 19.1 Å². The van der Waals surface area contributed by atoms with Crippen molar-refractivity contribution < 1.29 is 19.1 Å². The predicted molar refractivity (Wildman–Crippen MR) is 61.7 cm³/mol. The Balaban J connectivity index is 3.05. The summed E-state index contributed by atoms with van der Waals surface area (Å²) in [7, 11) is 0. The maximum atomic E-state index is 11.7. The lowest BCUT2D eigenvalue weighted by Crippen LogP contribution is -2.42. The summed E-state index contributed by atoms with van der Waals surface area (Å²) in [4.78, 5) is 24.1. The Bertz CT molecular complexity index is 322. The first-order chi connectivity index (χ1) is 7.41. The van der Waals surface area contributed by atoms with E-state index >= 15 is 0 Å². The fraction of sp³-hybridized carbons (Fsp3) is 0.636. The van der Waals surface area contributed by atoms with Gasteiger partial charge in [-0.3, -0.25) is 0 Å². The molecule has 1 rings (SSSR count). The molecule has 0 bridgehead atoms. The summed E-state index contributed by atoms with van der Waals surface area (Å²) in [6, 6.07) is 0. The van der Waals surface area contributed by atoms with Crippen LogP contribution in [0.25, 0.3) is 0 Å². The molecule has 0 aromatic carbocycles. The maximum absolute atomic E-state index is 11.7. The van der Waals surface area contributed by atoms with Crippen molar-refractivity contribution in [2.24, 2.45) is 0 Å². The van der Waals surface area contributed by atoms with E-state index in [1.54, 1.807) is 0 Å². The third-order valence-electron chi connectivity index (χ3n) is 2.09. The van der Waals surface area contributed by atoms with Gasteiger partial charge in [-0.2, -0.15) is 0 Å². The van der Waals surface area contributed by atoms with Gasteiger partial charge in [-0.25, -0.2) is 9.59 Å². The number of carbonyl (C=O) groups is 2. The van der Waals surface area contributed by atoms with Crippen LogP contribution in [0.5, 0.6) is 0 Å². The molecule has 1 heterocycles. The van der Waals surface area contributed by atoms with Crippen molar-refractivity contribution in [3.05, 3.63) is 10.5 Å². The Morgan fingerprint density at radius 1 is 1.25 bits per heavy atom. The van der Waals surface area contributed by atoms with Gasteiger partial charge in [-0.15, -0.1) is 11.8 Å². The van der Waals surface area contributed by atoms with Crippen molar-refractivity contribution >= 4 is 23.7 Å². The van der Waals surface area contributed by atoms with Crippen LogP contribution in [0.4, 0.5) is 0 Å². The number of hydrogen-bond donors (Lipinski definition) is 0. The van der Waals surface area contributed by atoms with E-state index in [1.165, 1.54) is 25.6 Å². The predicted octanol–water partition coefficient (Wildman–Crippen LogP) is 2.24. The molecule has 0 saturated carbocycles. The molecule has 0 aliphatic carbocycles. The van der Waals surface area contributed by atoms with E-state index in [0.717, 1.165) is 11.3 Å². The van der Waals surface area contributed by atoms with Crippen molar-refractivity contribution in [3.63, 3.8) is 0 Å². The number of allylic oxidation sites excluding steroid dienone is 1. The van der Waals surface area contributed by atoms with Gasteiger partial charge in [0, 0.05) is 18.8 Å². The molecule has 0 radical (unpaired) electrons. The molecule has 0 amide bonds. The van der Waals surface area contributed by atoms with Gasteiger partial charge < -0.3 is 9.47 Å². The first-order valence-electron chi connectivity index (χ1n) is 5.15. The average Bonchev–Trinajstić information content (AvgIpc) is 2.13. The number of thioether (sulfide) groups is 1. The SMILES string of the molecule is CCCC(SC)=C1C(=O)OC(C)(C)OC1=O. The zero-order valence-corrected chi connectivity index (χ0v) is 10.8. The molecule has 0 spiro atoms. The highest BCUT2D eigenvalue weighted by molar-refractivity contribution is 8.02. The van der Waals surface area contributed by atoms with Gasteiger partial charge in [0.25, 0.3) is 5.79 Å². The van der Waals surface area contributed by atoms with Gasteiger partial charge in [0.2, 0.25) is 0 Å². The van der Waals surface area contributed by atoms with E-state index in [9.17, 15) is 9.59 Å². The van der Waals surface area contributed by atoms with Crippen LogP contribution in [0, 0.1) is 0 Å². The van der Waals surface area contributed by atoms with Gasteiger partial charge in [-0.1, -0.05) is 13.3 Å². The van der Waals surface area contributed by atoms with Gasteiger partial charge in [-0.05, 0) is 12.7 Å². The van der Waals surface area contributed by atoms with Crippen LogP contribution in [0.2, 0.25) is 0 Å². The Labute approximate surface area is 99.4 Å². The highest BCUT2D eigenvalue weighted by atomic mass is 32.2. The van der Waals surface area contributed by atoms with E-state index in [4.69, 9.17) is 9.47 Å². The zero-order valence-electron chi connectivity index (χ0n) is 9.96. The fourth-order valence-corrected chi connectivity index (χ4v) is 2.22. The molecule has 5 heteroatoms. The van der Waals surface area contributed by atoms with Crippen molar-refractivity contribution in [1.82, 2.24) is 0 Å². The van der Waals surface area contributed by atoms with Gasteiger partial charge >= 0.3 is 11.9 Å². The van der Waals surface area contributed by atoms with Crippen LogP contribution >= 0.6 is 11.8 Å². The quantitative estimate of drug-likeness (QED) is 0.433. The zero-order chi connectivity index (χ0) is 12.3. The molecule has 1 saturated heterocycles. The number of rotatable bonds is 3. The molecular weight excluding hydrogens is 228 g/mol. The van der Waals surface area contributed by atoms with Crippen molar-refractivity contribution in [3.8, 4) is 0 Å². The van der Waals surface area contributed by atoms with Gasteiger partial charge in [0.1, 0.15) is 0 Å². The molecular formula is C11H16O4S. The van der Waals surface area contributed by atoms with Gasteiger partial charge in [0.05, 0.1) is 0 Å². The number of cyclic esters (lactones) is 2. The number of hydrogen-bond acceptors (Lipinski definition) is 5. The normalized spacial score (nSPS) is 19.1. The van der Waals surface area contributed by atoms with Crippen LogP contribution in [0.1, 0.15) is 33.6 Å². The molecule has 0 N–H and O–H groups in total. The summed E-state index contributed by atoms with van der Waals surface area (Å²) in [5.41, 5.74) is 0.0497. The minimum absolute atomic E-state index is 0.0497. The Kier molecular flexibility index (Phi) is 4.02. The van der Waals surface area contributed by atoms with Crippen molar-refractivity contribution in [2.75, 3.05) is 6.26 Å². The summed E-state index contributed by atoms with van der Waals surface area (Å²) in [5.74, 6) is -2.33. The summed E-state index contributed by atoms with van der Waals surface area (Å²) in [6.45, 7) is 5.07. The lowest BCUT2D eigenvalue weighted by Gasteiger charge is -2.30. The first-order valence-corrected chi connectivity index (χ1v) is 6.37. The second-order valence-electron chi connectivity index (χ2n) is 3.93. The lowest BCUT2D eigenvalue weighted by molar-refractivity contribution is -0.222. The largest absolute Gasteiger partial charge is 0.419 e. The smallest absolute Gasteiger partial charge is 0.349 e. The molecule has 4 nitrogen and oxygen atoms in total. The topological polar surface area (TPSA) is 52.6 Å². The second kappa shape index (κ2) is 4.91. The molecule has 1 fully saturated rings. The number of esters is 2. The van der Waals surface area contributed by atoms with Crippen LogP contribution in [-0.4, -0.2) is 24.0 Å². The lowest BCUT2D eigenvalue weighted by atomic mass is 10.1. The van der Waals surface area contributed by atoms with Crippen LogP contribution < -0.4 is 0 Å². The molecule has 0 atom stereocenters. The summed E-state index contributed by atoms with van der Waals surface area (Å²) in [6.07, 6.45) is 3.38. The molecule has 0 aromatic rings. The Hall–Kier alpha value is -0.970. The molecule has 1 aliphatic heterocycles. The number of ether oxygens (including phenoxy) is 2. The average molecular weight is 244 g/mol. The first kappa shape index (κ1) is 13.1. The van der Waals surface area contributed by atoms with E-state index < -0.39 is 17.7 Å². The second-order valence-corrected chi connectivity index (χ2v) is 4.83. The monoisotopic (exact) mass is 244 g/mol. The Morgan fingerprint density at radius 3 is 2.12 bits per heavy atom. The summed E-state index contributed by atoms with van der Waals surface area (Å²) in [5, 5.41) is 0. The van der Waals surface area contributed by atoms with E-state index in [2.05, 4.69) is 0 Å². The Morgan fingerprint density at radius 2 is 1.75 bits per heavy atom. The molecule has 1 aliphatic rings. The number of carbonyl (C=O) groups excluding carboxylic acids is 2. The molecule has 0 aromatic heterocycles. The molecule has 16 heavy (non-hydrogen) atoms. The minimum atomic E-state index is -1.16. The third-order valence-corrected chi connectivity index (χ3v) is 2.99. The van der Waals surface area contributed by atoms with E-state index in [0.29, 0.717) is 6.42 Å². The fourth-order valence-electron chi connectivity index (χ4n) is 1.44. The molecule has 90 valence electrons. The third kappa shape index (κ3) is 2.78. The summed E-state index contributed by atoms with van der Waals surface area (Å²) >= 11 is 1.39. The van der Waals surface area contributed by atoms with Crippen LogP contribution in [0.15, 0.2) is 10.5 Å². The van der Waals surface area contributed by atoms with E-state index in [-0.39, 0.29) is 5.57 Å². The van der Waals surface area contributed by atoms with Crippen molar-refractivity contribution in [1.29, 1.82) is 0 Å². The minimum Gasteiger partial charge on any atom is -0.419 e. The van der Waals surface area contributed by atoms with Gasteiger partial charge in [0.15, 0.2) is 5.57 Å².